The summed E-state index contributed by atoms with van der Waals surface area (Å²) in [6.07, 6.45) is 0. The summed E-state index contributed by atoms with van der Waals surface area (Å²) < 4.78 is 0. The third-order valence-electron chi connectivity index (χ3n) is 2.94. The summed E-state index contributed by atoms with van der Waals surface area (Å²) in [5.41, 5.74) is 2.42. The van der Waals surface area contributed by atoms with E-state index in [1.165, 1.54) is 0 Å². The Morgan fingerprint density at radius 3 is 2.87 bits per heavy atom. The van der Waals surface area contributed by atoms with E-state index in [0.29, 0.717) is 5.56 Å². The lowest BCUT2D eigenvalue weighted by atomic mass is 9.76. The fourth-order valence-electron chi connectivity index (χ4n) is 2.32. The summed E-state index contributed by atoms with van der Waals surface area (Å²) in [7, 11) is 0. The third kappa shape index (κ3) is 1.63. The minimum absolute atomic E-state index is 0.109. The van der Waals surface area contributed by atoms with Crippen molar-refractivity contribution in [2.24, 2.45) is 0 Å². The lowest BCUT2D eigenvalue weighted by Crippen LogP contribution is -2.40. The maximum absolute atomic E-state index is 11.1. The molecule has 80 valence electrons. The number of benzene rings is 1. The van der Waals surface area contributed by atoms with E-state index in [2.05, 4.69) is 19.2 Å². The zero-order chi connectivity index (χ0) is 11.1. The summed E-state index contributed by atoms with van der Waals surface area (Å²) in [6, 6.07) is 5.50. The van der Waals surface area contributed by atoms with Gasteiger partial charge in [0.2, 0.25) is 0 Å². The van der Waals surface area contributed by atoms with Gasteiger partial charge in [-0.15, -0.1) is 0 Å². The van der Waals surface area contributed by atoms with Crippen LogP contribution in [0.15, 0.2) is 18.2 Å². The van der Waals surface area contributed by atoms with Gasteiger partial charge in [0.25, 0.3) is 0 Å². The molecule has 1 aliphatic heterocycles. The minimum Gasteiger partial charge on any atom is -0.478 e. The second-order valence-electron chi connectivity index (χ2n) is 4.63. The van der Waals surface area contributed by atoms with Crippen molar-refractivity contribution < 1.29 is 9.90 Å². The number of hydrogen-bond acceptors (Lipinski definition) is 2. The van der Waals surface area contributed by atoms with Crippen LogP contribution in [0.2, 0.25) is 0 Å². The molecule has 0 saturated heterocycles. The van der Waals surface area contributed by atoms with Crippen molar-refractivity contribution in [2.45, 2.75) is 25.8 Å². The molecule has 15 heavy (non-hydrogen) atoms. The van der Waals surface area contributed by atoms with Gasteiger partial charge in [0, 0.05) is 18.5 Å². The van der Waals surface area contributed by atoms with Gasteiger partial charge >= 0.3 is 5.97 Å². The van der Waals surface area contributed by atoms with Crippen molar-refractivity contribution in [1.29, 1.82) is 0 Å². The van der Waals surface area contributed by atoms with E-state index in [4.69, 9.17) is 5.11 Å². The number of nitrogens with one attached hydrogen (secondary N) is 1. The first kappa shape index (κ1) is 10.2. The van der Waals surface area contributed by atoms with Gasteiger partial charge in [-0.25, -0.2) is 4.79 Å². The Bertz CT molecular complexity index is 410. The zero-order valence-corrected chi connectivity index (χ0v) is 9.00. The van der Waals surface area contributed by atoms with E-state index in [9.17, 15) is 4.79 Å². The van der Waals surface area contributed by atoms with Crippen molar-refractivity contribution in [1.82, 2.24) is 5.32 Å². The third-order valence-corrected chi connectivity index (χ3v) is 2.94. The van der Waals surface area contributed by atoms with E-state index in [1.807, 2.05) is 12.1 Å². The van der Waals surface area contributed by atoms with E-state index < -0.39 is 5.97 Å². The van der Waals surface area contributed by atoms with Gasteiger partial charge in [-0.2, -0.15) is 0 Å². The highest BCUT2D eigenvalue weighted by molar-refractivity contribution is 5.90. The number of aromatic carboxylic acids is 1. The molecule has 0 atom stereocenters. The number of fused-ring (bicyclic) bond motifs is 1. The van der Waals surface area contributed by atoms with Crippen molar-refractivity contribution in [2.75, 3.05) is 6.54 Å². The van der Waals surface area contributed by atoms with E-state index in [0.717, 1.165) is 24.2 Å². The highest BCUT2D eigenvalue weighted by Crippen LogP contribution is 2.32. The summed E-state index contributed by atoms with van der Waals surface area (Å²) in [6.45, 7) is 5.74. The number of hydrogen-bond donors (Lipinski definition) is 2. The molecule has 1 aromatic carbocycles. The van der Waals surface area contributed by atoms with E-state index in [-0.39, 0.29) is 5.41 Å². The lowest BCUT2D eigenvalue weighted by Gasteiger charge is -2.34. The molecule has 3 heteroatoms. The summed E-state index contributed by atoms with van der Waals surface area (Å²) in [5, 5.41) is 12.5. The summed E-state index contributed by atoms with van der Waals surface area (Å²) >= 11 is 0. The molecule has 1 heterocycles. The second kappa shape index (κ2) is 3.35. The highest BCUT2D eigenvalue weighted by Gasteiger charge is 2.31. The Hall–Kier alpha value is -1.35. The summed E-state index contributed by atoms with van der Waals surface area (Å²) in [4.78, 5) is 11.1. The van der Waals surface area contributed by atoms with Crippen LogP contribution in [-0.4, -0.2) is 17.6 Å². The van der Waals surface area contributed by atoms with Crippen LogP contribution in [-0.2, 0) is 12.0 Å². The molecule has 0 aliphatic carbocycles. The van der Waals surface area contributed by atoms with Crippen LogP contribution in [0.25, 0.3) is 0 Å². The normalized spacial score (nSPS) is 18.3. The molecule has 2 N–H and O–H groups in total. The number of carbonyl (C=O) groups is 1. The second-order valence-corrected chi connectivity index (χ2v) is 4.63. The smallest absolute Gasteiger partial charge is 0.335 e. The maximum atomic E-state index is 11.1. The Morgan fingerprint density at radius 1 is 1.47 bits per heavy atom. The number of carboxylic acids is 1. The van der Waals surface area contributed by atoms with Crippen LogP contribution in [0.4, 0.5) is 0 Å². The van der Waals surface area contributed by atoms with Crippen molar-refractivity contribution >= 4 is 5.97 Å². The van der Waals surface area contributed by atoms with Gasteiger partial charge in [0.1, 0.15) is 0 Å². The van der Waals surface area contributed by atoms with Crippen LogP contribution in [0.3, 0.4) is 0 Å². The molecule has 0 spiro atoms. The molecular weight excluding hydrogens is 190 g/mol. The molecule has 0 fully saturated rings. The standard InChI is InChI=1S/C12H15NO2/c1-12(2)7-13-6-8-4-3-5-9(10(8)12)11(14)15/h3-5,13H,6-7H2,1-2H3,(H,14,15). The first-order valence-corrected chi connectivity index (χ1v) is 5.09. The van der Waals surface area contributed by atoms with Crippen LogP contribution >= 0.6 is 0 Å². The first-order valence-electron chi connectivity index (χ1n) is 5.09. The van der Waals surface area contributed by atoms with E-state index in [1.54, 1.807) is 6.07 Å². The molecule has 0 amide bonds. The van der Waals surface area contributed by atoms with Crippen LogP contribution in [0, 0.1) is 0 Å². The Kier molecular flexibility index (Phi) is 2.27. The van der Waals surface area contributed by atoms with Crippen molar-refractivity contribution in [3.8, 4) is 0 Å². The van der Waals surface area contributed by atoms with Crippen LogP contribution < -0.4 is 5.32 Å². The molecule has 1 aromatic rings. The van der Waals surface area contributed by atoms with Crippen LogP contribution in [0.1, 0.15) is 35.3 Å². The minimum atomic E-state index is -0.832. The molecule has 3 nitrogen and oxygen atoms in total. The number of rotatable bonds is 1. The van der Waals surface area contributed by atoms with Gasteiger partial charge in [0.15, 0.2) is 0 Å². The van der Waals surface area contributed by atoms with Gasteiger partial charge in [0.05, 0.1) is 5.56 Å². The Morgan fingerprint density at radius 2 is 2.20 bits per heavy atom. The average molecular weight is 205 g/mol. The van der Waals surface area contributed by atoms with Crippen molar-refractivity contribution in [3.63, 3.8) is 0 Å². The molecular formula is C12H15NO2. The largest absolute Gasteiger partial charge is 0.478 e. The average Bonchev–Trinajstić information content (AvgIpc) is 2.16. The molecule has 0 unspecified atom stereocenters. The fraction of sp³-hybridized carbons (Fsp3) is 0.417. The molecule has 0 bridgehead atoms. The van der Waals surface area contributed by atoms with Gasteiger partial charge < -0.3 is 10.4 Å². The number of carboxylic acid groups (broad SMARTS) is 1. The highest BCUT2D eigenvalue weighted by atomic mass is 16.4. The quantitative estimate of drug-likeness (QED) is 0.734. The zero-order valence-electron chi connectivity index (χ0n) is 9.00. The van der Waals surface area contributed by atoms with Gasteiger partial charge in [-0.3, -0.25) is 0 Å². The summed E-state index contributed by atoms with van der Waals surface area (Å²) in [5.74, 6) is -0.832. The maximum Gasteiger partial charge on any atom is 0.335 e. The topological polar surface area (TPSA) is 49.3 Å². The first-order chi connectivity index (χ1) is 7.02. The molecule has 2 rings (SSSR count). The van der Waals surface area contributed by atoms with E-state index >= 15 is 0 Å². The molecule has 0 radical (unpaired) electrons. The molecule has 1 aliphatic rings. The van der Waals surface area contributed by atoms with Gasteiger partial charge in [-0.05, 0) is 17.2 Å². The van der Waals surface area contributed by atoms with Gasteiger partial charge in [-0.1, -0.05) is 26.0 Å². The van der Waals surface area contributed by atoms with Crippen molar-refractivity contribution in [3.05, 3.63) is 34.9 Å². The lowest BCUT2D eigenvalue weighted by molar-refractivity contribution is 0.0693. The molecule has 0 saturated carbocycles. The SMILES string of the molecule is CC1(C)CNCc2cccc(C(=O)O)c21. The predicted molar refractivity (Wildman–Crippen MR) is 58.1 cm³/mol. The Balaban J connectivity index is 2.65. The monoisotopic (exact) mass is 205 g/mol. The Labute approximate surface area is 89.1 Å². The molecule has 0 aromatic heterocycles. The predicted octanol–water partition coefficient (Wildman–Crippen LogP) is 1.77. The van der Waals surface area contributed by atoms with Crippen LogP contribution in [0.5, 0.6) is 0 Å². The fourth-order valence-corrected chi connectivity index (χ4v) is 2.32.